The minimum Gasteiger partial charge on any atom is -0.465 e. The Morgan fingerprint density at radius 3 is 2.81 bits per heavy atom. The van der Waals surface area contributed by atoms with Gasteiger partial charge in [0, 0.05) is 13.2 Å². The lowest BCUT2D eigenvalue weighted by molar-refractivity contribution is -0.150. The van der Waals surface area contributed by atoms with Crippen molar-refractivity contribution in [2.45, 2.75) is 32.6 Å². The van der Waals surface area contributed by atoms with Gasteiger partial charge in [-0.3, -0.25) is 4.79 Å². The number of nitrogens with two attached hydrogens (primary N) is 1. The fourth-order valence-electron chi connectivity index (χ4n) is 1.80. The maximum absolute atomic E-state index is 11.6. The summed E-state index contributed by atoms with van der Waals surface area (Å²) in [6.45, 7) is 4.69. The molecule has 16 heavy (non-hydrogen) atoms. The molecule has 94 valence electrons. The molecule has 1 saturated heterocycles. The highest BCUT2D eigenvalue weighted by atomic mass is 16.5. The highest BCUT2D eigenvalue weighted by Gasteiger charge is 2.18. The fourth-order valence-corrected chi connectivity index (χ4v) is 1.80. The van der Waals surface area contributed by atoms with E-state index in [1.807, 2.05) is 6.92 Å². The van der Waals surface area contributed by atoms with Gasteiger partial charge in [0.1, 0.15) is 0 Å². The summed E-state index contributed by atoms with van der Waals surface area (Å²) in [5, 5.41) is 0. The van der Waals surface area contributed by atoms with Crippen molar-refractivity contribution in [2.75, 3.05) is 26.4 Å². The van der Waals surface area contributed by atoms with Gasteiger partial charge in [-0.2, -0.15) is 0 Å². The Bertz CT molecular complexity index is 202. The van der Waals surface area contributed by atoms with Crippen LogP contribution >= 0.6 is 0 Å². The summed E-state index contributed by atoms with van der Waals surface area (Å²) >= 11 is 0. The first-order valence-electron chi connectivity index (χ1n) is 6.18. The predicted molar refractivity (Wildman–Crippen MR) is 62.0 cm³/mol. The van der Waals surface area contributed by atoms with Crippen LogP contribution in [0.25, 0.3) is 0 Å². The summed E-state index contributed by atoms with van der Waals surface area (Å²) in [5.41, 5.74) is 5.40. The van der Waals surface area contributed by atoms with Crippen molar-refractivity contribution in [1.29, 1.82) is 0 Å². The second-order valence-corrected chi connectivity index (χ2v) is 4.52. The molecule has 0 aliphatic carbocycles. The molecule has 2 N–H and O–H groups in total. The van der Waals surface area contributed by atoms with E-state index in [4.69, 9.17) is 15.2 Å². The largest absolute Gasteiger partial charge is 0.465 e. The van der Waals surface area contributed by atoms with Crippen LogP contribution in [0.2, 0.25) is 0 Å². The van der Waals surface area contributed by atoms with Gasteiger partial charge in [0.05, 0.1) is 12.5 Å². The molecule has 1 aliphatic rings. The number of hydrogen-bond donors (Lipinski definition) is 1. The lowest BCUT2D eigenvalue weighted by atomic mass is 10.0. The van der Waals surface area contributed by atoms with Crippen molar-refractivity contribution in [3.8, 4) is 0 Å². The zero-order valence-corrected chi connectivity index (χ0v) is 10.1. The molecular formula is C12H23NO3. The molecule has 0 aromatic carbocycles. The average Bonchev–Trinajstić information content (AvgIpc) is 2.34. The molecule has 1 unspecified atom stereocenters. The number of rotatable bonds is 6. The third-order valence-electron chi connectivity index (χ3n) is 3.05. The summed E-state index contributed by atoms with van der Waals surface area (Å²) in [6.07, 6.45) is 3.71. The zero-order valence-electron chi connectivity index (χ0n) is 10.1. The molecule has 1 atom stereocenters. The van der Waals surface area contributed by atoms with E-state index in [-0.39, 0.29) is 11.9 Å². The summed E-state index contributed by atoms with van der Waals surface area (Å²) in [5.74, 6) is 0.378. The average molecular weight is 229 g/mol. The third-order valence-corrected chi connectivity index (χ3v) is 3.05. The lowest BCUT2D eigenvalue weighted by Crippen LogP contribution is -2.24. The van der Waals surface area contributed by atoms with Crippen LogP contribution < -0.4 is 5.73 Å². The van der Waals surface area contributed by atoms with Crippen LogP contribution in [0.1, 0.15) is 32.6 Å². The third kappa shape index (κ3) is 4.94. The normalized spacial score (nSPS) is 19.4. The SMILES string of the molecule is CC(CCCN)C(=O)OCC1CCOCC1. The number of esters is 1. The van der Waals surface area contributed by atoms with E-state index in [2.05, 4.69) is 0 Å². The molecule has 4 nitrogen and oxygen atoms in total. The van der Waals surface area contributed by atoms with Gasteiger partial charge in [0.15, 0.2) is 0 Å². The highest BCUT2D eigenvalue weighted by molar-refractivity contribution is 5.71. The fraction of sp³-hybridized carbons (Fsp3) is 0.917. The molecule has 0 saturated carbocycles. The second-order valence-electron chi connectivity index (χ2n) is 4.52. The molecule has 1 rings (SSSR count). The van der Waals surface area contributed by atoms with Gasteiger partial charge in [0.25, 0.3) is 0 Å². The zero-order chi connectivity index (χ0) is 11.8. The van der Waals surface area contributed by atoms with Gasteiger partial charge in [-0.1, -0.05) is 6.92 Å². The molecule has 0 bridgehead atoms. The van der Waals surface area contributed by atoms with Gasteiger partial charge in [-0.15, -0.1) is 0 Å². The molecule has 1 heterocycles. The number of carbonyl (C=O) groups excluding carboxylic acids is 1. The first kappa shape index (κ1) is 13.5. The molecule has 0 amide bonds. The van der Waals surface area contributed by atoms with E-state index < -0.39 is 0 Å². The topological polar surface area (TPSA) is 61.6 Å². The van der Waals surface area contributed by atoms with Gasteiger partial charge in [-0.25, -0.2) is 0 Å². The monoisotopic (exact) mass is 229 g/mol. The van der Waals surface area contributed by atoms with E-state index in [0.717, 1.165) is 38.9 Å². The summed E-state index contributed by atoms with van der Waals surface area (Å²) in [6, 6.07) is 0. The van der Waals surface area contributed by atoms with Crippen molar-refractivity contribution in [2.24, 2.45) is 17.6 Å². The standard InChI is InChI=1S/C12H23NO3/c1-10(3-2-6-13)12(14)16-9-11-4-7-15-8-5-11/h10-11H,2-9,13H2,1H3. The van der Waals surface area contributed by atoms with Crippen molar-refractivity contribution in [3.05, 3.63) is 0 Å². The Morgan fingerprint density at radius 2 is 2.19 bits per heavy atom. The number of carbonyl (C=O) groups is 1. The van der Waals surface area contributed by atoms with Crippen LogP contribution in [-0.2, 0) is 14.3 Å². The highest BCUT2D eigenvalue weighted by Crippen LogP contribution is 2.16. The first-order valence-corrected chi connectivity index (χ1v) is 6.18. The Hall–Kier alpha value is -0.610. The molecule has 0 spiro atoms. The molecule has 0 aromatic heterocycles. The van der Waals surface area contributed by atoms with E-state index in [0.29, 0.717) is 19.1 Å². The van der Waals surface area contributed by atoms with E-state index in [9.17, 15) is 4.79 Å². The summed E-state index contributed by atoms with van der Waals surface area (Å²) in [4.78, 5) is 11.6. The quantitative estimate of drug-likeness (QED) is 0.698. The van der Waals surface area contributed by atoms with Crippen LogP contribution in [0.3, 0.4) is 0 Å². The van der Waals surface area contributed by atoms with Crippen molar-refractivity contribution < 1.29 is 14.3 Å². The van der Waals surface area contributed by atoms with E-state index in [1.54, 1.807) is 0 Å². The van der Waals surface area contributed by atoms with Crippen molar-refractivity contribution in [3.63, 3.8) is 0 Å². The van der Waals surface area contributed by atoms with Gasteiger partial charge in [0.2, 0.25) is 0 Å². The van der Waals surface area contributed by atoms with Crippen LogP contribution in [-0.4, -0.2) is 32.3 Å². The minimum atomic E-state index is -0.0834. The maximum atomic E-state index is 11.6. The Morgan fingerprint density at radius 1 is 1.50 bits per heavy atom. The molecular weight excluding hydrogens is 206 g/mol. The molecule has 0 radical (unpaired) electrons. The van der Waals surface area contributed by atoms with Crippen LogP contribution in [0.4, 0.5) is 0 Å². The molecule has 4 heteroatoms. The van der Waals surface area contributed by atoms with Crippen LogP contribution in [0.5, 0.6) is 0 Å². The van der Waals surface area contributed by atoms with Gasteiger partial charge >= 0.3 is 5.97 Å². The maximum Gasteiger partial charge on any atom is 0.308 e. The second kappa shape index (κ2) is 7.63. The van der Waals surface area contributed by atoms with E-state index >= 15 is 0 Å². The van der Waals surface area contributed by atoms with Gasteiger partial charge in [-0.05, 0) is 38.1 Å². The van der Waals surface area contributed by atoms with Crippen molar-refractivity contribution >= 4 is 5.97 Å². The Labute approximate surface area is 97.5 Å². The Kier molecular flexibility index (Phi) is 6.42. The molecule has 1 aliphatic heterocycles. The Balaban J connectivity index is 2.12. The van der Waals surface area contributed by atoms with Crippen molar-refractivity contribution in [1.82, 2.24) is 0 Å². The first-order chi connectivity index (χ1) is 7.74. The number of hydrogen-bond acceptors (Lipinski definition) is 4. The van der Waals surface area contributed by atoms with Gasteiger partial charge < -0.3 is 15.2 Å². The van der Waals surface area contributed by atoms with Crippen LogP contribution in [0.15, 0.2) is 0 Å². The smallest absolute Gasteiger partial charge is 0.308 e. The summed E-state index contributed by atoms with van der Waals surface area (Å²) in [7, 11) is 0. The number of ether oxygens (including phenoxy) is 2. The molecule has 0 aromatic rings. The predicted octanol–water partition coefficient (Wildman–Crippen LogP) is 1.33. The summed E-state index contributed by atoms with van der Waals surface area (Å²) < 4.78 is 10.6. The van der Waals surface area contributed by atoms with Crippen LogP contribution in [0, 0.1) is 11.8 Å². The van der Waals surface area contributed by atoms with E-state index in [1.165, 1.54) is 0 Å². The lowest BCUT2D eigenvalue weighted by Gasteiger charge is -2.22. The minimum absolute atomic E-state index is 0.0246. The molecule has 1 fully saturated rings.